The van der Waals surface area contributed by atoms with Crippen molar-refractivity contribution in [3.05, 3.63) is 46.7 Å². The average molecular weight is 318 g/mol. The summed E-state index contributed by atoms with van der Waals surface area (Å²) in [6.45, 7) is 5.29. The number of para-hydroxylation sites is 2. The van der Waals surface area contributed by atoms with Crippen molar-refractivity contribution in [3.63, 3.8) is 0 Å². The van der Waals surface area contributed by atoms with Gasteiger partial charge >= 0.3 is 11.9 Å². The van der Waals surface area contributed by atoms with Crippen LogP contribution in [0.2, 0.25) is 0 Å². The van der Waals surface area contributed by atoms with Crippen LogP contribution in [0.25, 0.3) is 0 Å². The molecule has 0 bridgehead atoms. The highest BCUT2D eigenvalue weighted by atomic mass is 32.1. The number of ether oxygens (including phenoxy) is 2. The molecule has 0 amide bonds. The predicted octanol–water partition coefficient (Wildman–Crippen LogP) is 3.85. The number of carbonyl (C=O) groups excluding carboxylic acids is 2. The van der Waals surface area contributed by atoms with Crippen molar-refractivity contribution in [2.45, 2.75) is 27.2 Å². The summed E-state index contributed by atoms with van der Waals surface area (Å²) in [5, 5.41) is 1.90. The van der Waals surface area contributed by atoms with Crippen molar-refractivity contribution < 1.29 is 19.1 Å². The molecule has 0 N–H and O–H groups in total. The van der Waals surface area contributed by atoms with Crippen LogP contribution >= 0.6 is 11.3 Å². The Labute approximate surface area is 133 Å². The number of carbonyl (C=O) groups is 2. The van der Waals surface area contributed by atoms with Gasteiger partial charge in [-0.1, -0.05) is 18.2 Å². The molecule has 2 rings (SSSR count). The number of benzene rings is 1. The molecule has 116 valence electrons. The Bertz CT molecular complexity index is 654. The molecule has 0 aliphatic rings. The summed E-state index contributed by atoms with van der Waals surface area (Å²) in [6, 6.07) is 10.4. The Morgan fingerprint density at radius 2 is 1.64 bits per heavy atom. The quantitative estimate of drug-likeness (QED) is 0.635. The predicted molar refractivity (Wildman–Crippen MR) is 85.2 cm³/mol. The highest BCUT2D eigenvalue weighted by Gasteiger charge is 2.25. The maximum Gasteiger partial charge on any atom is 0.316 e. The van der Waals surface area contributed by atoms with Crippen molar-refractivity contribution in [2.75, 3.05) is 0 Å². The van der Waals surface area contributed by atoms with E-state index in [9.17, 15) is 9.59 Å². The van der Waals surface area contributed by atoms with E-state index in [0.29, 0.717) is 0 Å². The number of hydrogen-bond acceptors (Lipinski definition) is 5. The standard InChI is InChI=1S/C17H18O4S/c1-17(2,3)16(19)21-14-9-5-4-8-13(14)20-15(18)11-12-7-6-10-22-12/h4-10H,11H2,1-3H3. The molecule has 2 aromatic rings. The minimum atomic E-state index is -0.631. The molecule has 0 saturated carbocycles. The molecule has 1 aromatic heterocycles. The normalized spacial score (nSPS) is 11.0. The number of esters is 2. The van der Waals surface area contributed by atoms with Crippen LogP contribution in [0.4, 0.5) is 0 Å². The molecule has 0 atom stereocenters. The van der Waals surface area contributed by atoms with Crippen molar-refractivity contribution in [2.24, 2.45) is 5.41 Å². The lowest BCUT2D eigenvalue weighted by Crippen LogP contribution is -2.26. The van der Waals surface area contributed by atoms with Crippen LogP contribution in [0.3, 0.4) is 0 Å². The Hall–Kier alpha value is -2.14. The maximum absolute atomic E-state index is 12.0. The Kier molecular flexibility index (Phi) is 4.98. The molecule has 5 heteroatoms. The molecular formula is C17H18O4S. The summed E-state index contributed by atoms with van der Waals surface area (Å²) in [5.41, 5.74) is -0.631. The van der Waals surface area contributed by atoms with E-state index in [1.54, 1.807) is 45.0 Å². The lowest BCUT2D eigenvalue weighted by atomic mass is 9.97. The van der Waals surface area contributed by atoms with Gasteiger partial charge < -0.3 is 9.47 Å². The smallest absolute Gasteiger partial charge is 0.316 e. The Morgan fingerprint density at radius 1 is 1.00 bits per heavy atom. The first-order chi connectivity index (χ1) is 10.4. The van der Waals surface area contributed by atoms with Crippen molar-refractivity contribution in [1.82, 2.24) is 0 Å². The summed E-state index contributed by atoms with van der Waals surface area (Å²) < 4.78 is 10.7. The molecule has 0 aliphatic heterocycles. The van der Waals surface area contributed by atoms with Crippen molar-refractivity contribution in [1.29, 1.82) is 0 Å². The first-order valence-corrected chi connectivity index (χ1v) is 7.78. The first-order valence-electron chi connectivity index (χ1n) is 6.90. The van der Waals surface area contributed by atoms with Crippen molar-refractivity contribution >= 4 is 23.3 Å². The van der Waals surface area contributed by atoms with Crippen LogP contribution in [0.5, 0.6) is 11.5 Å². The summed E-state index contributed by atoms with van der Waals surface area (Å²) in [5.74, 6) is -0.264. The van der Waals surface area contributed by atoms with E-state index >= 15 is 0 Å². The second kappa shape index (κ2) is 6.75. The molecule has 0 spiro atoms. The zero-order valence-corrected chi connectivity index (χ0v) is 13.6. The third-order valence-electron chi connectivity index (χ3n) is 2.79. The molecule has 0 saturated heterocycles. The topological polar surface area (TPSA) is 52.6 Å². The molecular weight excluding hydrogens is 300 g/mol. The van der Waals surface area contributed by atoms with Gasteiger partial charge in [0.2, 0.25) is 0 Å². The largest absolute Gasteiger partial charge is 0.422 e. The van der Waals surface area contributed by atoms with Crippen LogP contribution in [-0.2, 0) is 16.0 Å². The number of thiophene rings is 1. The average Bonchev–Trinajstić information content (AvgIpc) is 2.92. The third kappa shape index (κ3) is 4.43. The summed E-state index contributed by atoms with van der Waals surface area (Å²) >= 11 is 1.49. The van der Waals surface area contributed by atoms with Gasteiger partial charge in [0, 0.05) is 4.88 Å². The van der Waals surface area contributed by atoms with Gasteiger partial charge in [-0.05, 0) is 44.4 Å². The van der Waals surface area contributed by atoms with Gasteiger partial charge in [0.15, 0.2) is 11.5 Å². The molecule has 0 aliphatic carbocycles. The van der Waals surface area contributed by atoms with Gasteiger partial charge in [-0.25, -0.2) is 0 Å². The zero-order valence-electron chi connectivity index (χ0n) is 12.8. The van der Waals surface area contributed by atoms with Crippen LogP contribution < -0.4 is 9.47 Å². The van der Waals surface area contributed by atoms with Gasteiger partial charge in [-0.3, -0.25) is 9.59 Å². The molecule has 22 heavy (non-hydrogen) atoms. The summed E-state index contributed by atoms with van der Waals surface area (Å²) in [4.78, 5) is 24.9. The minimum Gasteiger partial charge on any atom is -0.422 e. The highest BCUT2D eigenvalue weighted by molar-refractivity contribution is 7.10. The Balaban J connectivity index is 2.08. The van der Waals surface area contributed by atoms with E-state index < -0.39 is 5.41 Å². The molecule has 1 aromatic carbocycles. The monoisotopic (exact) mass is 318 g/mol. The number of hydrogen-bond donors (Lipinski definition) is 0. The van der Waals surface area contributed by atoms with E-state index in [1.165, 1.54) is 11.3 Å². The van der Waals surface area contributed by atoms with Crippen LogP contribution in [-0.4, -0.2) is 11.9 Å². The van der Waals surface area contributed by atoms with E-state index in [0.717, 1.165) is 4.88 Å². The molecule has 0 fully saturated rings. The fourth-order valence-electron chi connectivity index (χ4n) is 1.59. The van der Waals surface area contributed by atoms with Gasteiger partial charge in [-0.15, -0.1) is 11.3 Å². The minimum absolute atomic E-state index is 0.194. The van der Waals surface area contributed by atoms with Gasteiger partial charge in [-0.2, -0.15) is 0 Å². The second-order valence-corrected chi connectivity index (χ2v) is 6.85. The fraction of sp³-hybridized carbons (Fsp3) is 0.294. The lowest BCUT2D eigenvalue weighted by molar-refractivity contribution is -0.143. The fourth-order valence-corrected chi connectivity index (χ4v) is 2.28. The SMILES string of the molecule is CC(C)(C)C(=O)Oc1ccccc1OC(=O)Cc1cccs1. The van der Waals surface area contributed by atoms with E-state index in [4.69, 9.17) is 9.47 Å². The zero-order chi connectivity index (χ0) is 16.2. The van der Waals surface area contributed by atoms with Crippen LogP contribution in [0.1, 0.15) is 25.6 Å². The third-order valence-corrected chi connectivity index (χ3v) is 3.66. The highest BCUT2D eigenvalue weighted by Crippen LogP contribution is 2.29. The second-order valence-electron chi connectivity index (χ2n) is 5.82. The van der Waals surface area contributed by atoms with E-state index in [2.05, 4.69) is 0 Å². The maximum atomic E-state index is 12.0. The number of rotatable bonds is 4. The summed E-state index contributed by atoms with van der Waals surface area (Å²) in [7, 11) is 0. The molecule has 0 radical (unpaired) electrons. The molecule has 0 unspecified atom stereocenters. The first kappa shape index (κ1) is 16.2. The van der Waals surface area contributed by atoms with Gasteiger partial charge in [0.25, 0.3) is 0 Å². The molecule has 1 heterocycles. The molecule has 4 nitrogen and oxygen atoms in total. The Morgan fingerprint density at radius 3 is 2.18 bits per heavy atom. The van der Waals surface area contributed by atoms with Gasteiger partial charge in [0.1, 0.15) is 0 Å². The van der Waals surface area contributed by atoms with Crippen molar-refractivity contribution in [3.8, 4) is 11.5 Å². The summed E-state index contributed by atoms with van der Waals surface area (Å²) in [6.07, 6.45) is 0.194. The van der Waals surface area contributed by atoms with Gasteiger partial charge in [0.05, 0.1) is 11.8 Å². The lowest BCUT2D eigenvalue weighted by Gasteiger charge is -2.17. The van der Waals surface area contributed by atoms with E-state index in [-0.39, 0.29) is 29.9 Å². The van der Waals surface area contributed by atoms with Crippen LogP contribution in [0.15, 0.2) is 41.8 Å². The van der Waals surface area contributed by atoms with Crippen LogP contribution in [0, 0.1) is 5.41 Å². The van der Waals surface area contributed by atoms with E-state index in [1.807, 2.05) is 17.5 Å².